The number of nitro groups is 1. The molecule has 0 aliphatic rings. The molecule has 2 aromatic carbocycles. The number of hydrogen-bond donors (Lipinski definition) is 2. The molecule has 2 aromatic rings. The molecule has 3 N–H and O–H groups in total. The molecule has 0 saturated heterocycles. The van der Waals surface area contributed by atoms with Crippen molar-refractivity contribution in [1.29, 1.82) is 0 Å². The molecular formula is C15H17N5O2. The highest BCUT2D eigenvalue weighted by Gasteiger charge is 2.06. The van der Waals surface area contributed by atoms with Gasteiger partial charge in [-0.3, -0.25) is 10.1 Å². The highest BCUT2D eigenvalue weighted by molar-refractivity contribution is 6.00. The van der Waals surface area contributed by atoms with Crippen LogP contribution < -0.4 is 16.2 Å². The maximum atomic E-state index is 10.6. The molecular weight excluding hydrogens is 282 g/mol. The number of nitrogens with one attached hydrogen (secondary N) is 1. The fourth-order valence-corrected chi connectivity index (χ4v) is 1.88. The number of benzene rings is 2. The largest absolute Gasteiger partial charge is 0.378 e. The van der Waals surface area contributed by atoms with Gasteiger partial charge in [0.05, 0.1) is 10.6 Å². The van der Waals surface area contributed by atoms with Crippen molar-refractivity contribution < 1.29 is 4.92 Å². The highest BCUT2D eigenvalue weighted by atomic mass is 16.6. The van der Waals surface area contributed by atoms with E-state index in [9.17, 15) is 10.1 Å². The minimum Gasteiger partial charge on any atom is -0.378 e. The molecule has 0 radical (unpaired) electrons. The number of rotatable bonds is 4. The fourth-order valence-electron chi connectivity index (χ4n) is 1.88. The second-order valence-electron chi connectivity index (χ2n) is 4.82. The Balaban J connectivity index is 2.28. The molecule has 7 heteroatoms. The zero-order chi connectivity index (χ0) is 16.1. The van der Waals surface area contributed by atoms with Crippen molar-refractivity contribution in [3.63, 3.8) is 0 Å². The van der Waals surface area contributed by atoms with Gasteiger partial charge in [0.15, 0.2) is 0 Å². The third-order valence-electron chi connectivity index (χ3n) is 3.10. The summed E-state index contributed by atoms with van der Waals surface area (Å²) in [6.45, 7) is 0. The van der Waals surface area contributed by atoms with Crippen molar-refractivity contribution in [1.82, 2.24) is 5.43 Å². The van der Waals surface area contributed by atoms with Crippen LogP contribution in [0.1, 0.15) is 5.56 Å². The van der Waals surface area contributed by atoms with E-state index in [4.69, 9.17) is 5.84 Å². The summed E-state index contributed by atoms with van der Waals surface area (Å²) in [6, 6.07) is 13.7. The van der Waals surface area contributed by atoms with Crippen LogP contribution in [0.5, 0.6) is 0 Å². The molecule has 0 bridgehead atoms. The van der Waals surface area contributed by atoms with Crippen LogP contribution in [-0.2, 0) is 0 Å². The Kier molecular flexibility index (Phi) is 4.70. The molecule has 0 heterocycles. The number of hydrogen-bond acceptors (Lipinski definition) is 5. The number of aliphatic imine (C=N–C) groups is 1. The molecule has 0 unspecified atom stereocenters. The van der Waals surface area contributed by atoms with Gasteiger partial charge in [0.1, 0.15) is 5.84 Å². The third kappa shape index (κ3) is 3.58. The van der Waals surface area contributed by atoms with Crippen LogP contribution in [0.15, 0.2) is 53.5 Å². The summed E-state index contributed by atoms with van der Waals surface area (Å²) in [4.78, 5) is 16.5. The lowest BCUT2D eigenvalue weighted by atomic mass is 10.2. The second kappa shape index (κ2) is 6.68. The number of non-ortho nitro benzene ring substituents is 1. The van der Waals surface area contributed by atoms with Gasteiger partial charge in [-0.1, -0.05) is 0 Å². The number of nitrogens with zero attached hydrogens (tertiary/aromatic N) is 3. The Morgan fingerprint density at radius 2 is 1.73 bits per heavy atom. The molecule has 2 rings (SSSR count). The number of anilines is 1. The van der Waals surface area contributed by atoms with Crippen LogP contribution >= 0.6 is 0 Å². The quantitative estimate of drug-likeness (QED) is 0.296. The monoisotopic (exact) mass is 299 g/mol. The standard InChI is InChI=1S/C15H17N5O2/c1-19(2)13-7-3-11(4-8-13)15(18-16)17-12-5-9-14(10-6-12)20(21)22/h3-10H,16H2,1-2H3,(H,17,18). The molecule has 7 nitrogen and oxygen atoms in total. The molecule has 114 valence electrons. The first kappa shape index (κ1) is 15.5. The Labute approximate surface area is 128 Å². The van der Waals surface area contributed by atoms with E-state index >= 15 is 0 Å². The van der Waals surface area contributed by atoms with E-state index in [0.717, 1.165) is 11.3 Å². The molecule has 0 aliphatic carbocycles. The summed E-state index contributed by atoms with van der Waals surface area (Å²) in [5.41, 5.74) is 5.05. The lowest BCUT2D eigenvalue weighted by Crippen LogP contribution is -2.30. The minimum absolute atomic E-state index is 0.0246. The first-order valence-electron chi connectivity index (χ1n) is 6.59. The average molecular weight is 299 g/mol. The molecule has 0 amide bonds. The van der Waals surface area contributed by atoms with Gasteiger partial charge in [-0.05, 0) is 36.4 Å². The molecule has 0 spiro atoms. The summed E-state index contributed by atoms with van der Waals surface area (Å²) in [5.74, 6) is 6.01. The normalized spacial score (nSPS) is 11.1. The molecule has 0 saturated carbocycles. The number of nitro benzene ring substituents is 1. The van der Waals surface area contributed by atoms with Gasteiger partial charge in [-0.2, -0.15) is 0 Å². The predicted molar refractivity (Wildman–Crippen MR) is 87.4 cm³/mol. The number of hydrazine groups is 1. The lowest BCUT2D eigenvalue weighted by Gasteiger charge is -2.13. The average Bonchev–Trinajstić information content (AvgIpc) is 2.53. The summed E-state index contributed by atoms with van der Waals surface area (Å²) in [7, 11) is 3.92. The van der Waals surface area contributed by atoms with E-state index < -0.39 is 4.92 Å². The molecule has 22 heavy (non-hydrogen) atoms. The van der Waals surface area contributed by atoms with Crippen molar-refractivity contribution in [3.05, 3.63) is 64.2 Å². The zero-order valence-corrected chi connectivity index (χ0v) is 12.4. The van der Waals surface area contributed by atoms with Crippen molar-refractivity contribution in [2.24, 2.45) is 10.8 Å². The van der Waals surface area contributed by atoms with Gasteiger partial charge in [-0.15, -0.1) is 0 Å². The first-order valence-corrected chi connectivity index (χ1v) is 6.59. The van der Waals surface area contributed by atoms with E-state index in [-0.39, 0.29) is 5.69 Å². The number of amidine groups is 1. The van der Waals surface area contributed by atoms with Crippen LogP contribution in [-0.4, -0.2) is 24.9 Å². The van der Waals surface area contributed by atoms with Crippen LogP contribution in [0.4, 0.5) is 17.1 Å². The van der Waals surface area contributed by atoms with Crippen molar-refractivity contribution in [2.45, 2.75) is 0 Å². The third-order valence-corrected chi connectivity index (χ3v) is 3.10. The van der Waals surface area contributed by atoms with Crippen LogP contribution in [0.2, 0.25) is 0 Å². The smallest absolute Gasteiger partial charge is 0.269 e. The Hall–Kier alpha value is -2.93. The van der Waals surface area contributed by atoms with E-state index in [2.05, 4.69) is 10.4 Å². The highest BCUT2D eigenvalue weighted by Crippen LogP contribution is 2.19. The van der Waals surface area contributed by atoms with Crippen molar-refractivity contribution >= 4 is 22.9 Å². The summed E-state index contributed by atoms with van der Waals surface area (Å²) >= 11 is 0. The second-order valence-corrected chi connectivity index (χ2v) is 4.82. The van der Waals surface area contributed by atoms with Gasteiger partial charge >= 0.3 is 0 Å². The lowest BCUT2D eigenvalue weighted by molar-refractivity contribution is -0.384. The van der Waals surface area contributed by atoms with Gasteiger partial charge in [0, 0.05) is 37.5 Å². The minimum atomic E-state index is -0.449. The first-order chi connectivity index (χ1) is 10.5. The topological polar surface area (TPSA) is 96.8 Å². The van der Waals surface area contributed by atoms with Crippen LogP contribution in [0.3, 0.4) is 0 Å². The Morgan fingerprint density at radius 3 is 2.18 bits per heavy atom. The van der Waals surface area contributed by atoms with Gasteiger partial charge in [0.2, 0.25) is 0 Å². The molecule has 0 atom stereocenters. The van der Waals surface area contributed by atoms with Crippen molar-refractivity contribution in [3.8, 4) is 0 Å². The Bertz CT molecular complexity index is 678. The van der Waals surface area contributed by atoms with Gasteiger partial charge in [-0.25, -0.2) is 10.8 Å². The van der Waals surface area contributed by atoms with Crippen LogP contribution in [0.25, 0.3) is 0 Å². The van der Waals surface area contributed by atoms with Gasteiger partial charge < -0.3 is 10.3 Å². The van der Waals surface area contributed by atoms with E-state index in [0.29, 0.717) is 11.5 Å². The SMILES string of the molecule is CN(C)c1ccc(C(=Nc2ccc([N+](=O)[O-])cc2)NN)cc1. The maximum Gasteiger partial charge on any atom is 0.269 e. The van der Waals surface area contributed by atoms with Crippen LogP contribution in [0, 0.1) is 10.1 Å². The molecule has 0 aromatic heterocycles. The Morgan fingerprint density at radius 1 is 1.14 bits per heavy atom. The summed E-state index contributed by atoms with van der Waals surface area (Å²) in [6.07, 6.45) is 0. The summed E-state index contributed by atoms with van der Waals surface area (Å²) < 4.78 is 0. The predicted octanol–water partition coefficient (Wildman–Crippen LogP) is 2.20. The molecule has 0 fully saturated rings. The van der Waals surface area contributed by atoms with E-state index in [1.54, 1.807) is 12.1 Å². The number of nitrogens with two attached hydrogens (primary N) is 1. The zero-order valence-electron chi connectivity index (χ0n) is 12.4. The van der Waals surface area contributed by atoms with Gasteiger partial charge in [0.25, 0.3) is 5.69 Å². The molecule has 0 aliphatic heterocycles. The van der Waals surface area contributed by atoms with Crippen molar-refractivity contribution in [2.75, 3.05) is 19.0 Å². The maximum absolute atomic E-state index is 10.6. The van der Waals surface area contributed by atoms with E-state index in [1.165, 1.54) is 12.1 Å². The fraction of sp³-hybridized carbons (Fsp3) is 0.133. The van der Waals surface area contributed by atoms with E-state index in [1.807, 2.05) is 43.3 Å². The summed E-state index contributed by atoms with van der Waals surface area (Å²) in [5, 5.41) is 10.6.